The van der Waals surface area contributed by atoms with Crippen molar-refractivity contribution in [1.82, 2.24) is 0 Å². The first-order valence-electron chi connectivity index (χ1n) is 9.93. The molecule has 0 aliphatic rings. The summed E-state index contributed by atoms with van der Waals surface area (Å²) in [6, 6.07) is 6.08. The second-order valence-corrected chi connectivity index (χ2v) is 7.47. The topological polar surface area (TPSA) is 63.6 Å². The van der Waals surface area contributed by atoms with E-state index in [4.69, 9.17) is 9.84 Å². The zero-order valence-electron chi connectivity index (χ0n) is 16.7. The average Bonchev–Trinajstić information content (AvgIpc) is 2.61. The van der Waals surface area contributed by atoms with E-state index in [1.54, 1.807) is 12.1 Å². The van der Waals surface area contributed by atoms with Crippen molar-refractivity contribution in [3.8, 4) is 0 Å². The van der Waals surface area contributed by atoms with E-state index in [1.807, 2.05) is 0 Å². The first-order chi connectivity index (χ1) is 12.4. The standard InChI is InChI=1S/C22H34O4/c1-5-7-11-17(6-2)20(14-8-10-16(3)4)26-22(25)19-13-9-12-18(15-19)21(23)24/h9,12-13,15-17,20H,5-8,10-11,14H2,1-4H3,(H,23,24). The maximum atomic E-state index is 12.6. The maximum absolute atomic E-state index is 12.6. The Morgan fingerprint density at radius 3 is 2.31 bits per heavy atom. The molecule has 0 fully saturated rings. The summed E-state index contributed by atoms with van der Waals surface area (Å²) >= 11 is 0. The molecule has 1 aromatic carbocycles. The van der Waals surface area contributed by atoms with Crippen LogP contribution < -0.4 is 0 Å². The molecule has 1 rings (SSSR count). The molecule has 146 valence electrons. The number of ether oxygens (including phenoxy) is 1. The van der Waals surface area contributed by atoms with Gasteiger partial charge < -0.3 is 9.84 Å². The average molecular weight is 363 g/mol. The first kappa shape index (κ1) is 22.2. The number of carbonyl (C=O) groups is 2. The number of aromatic carboxylic acids is 1. The number of benzene rings is 1. The minimum absolute atomic E-state index is 0.105. The number of carboxylic acids is 1. The molecule has 0 amide bonds. The molecule has 0 aliphatic carbocycles. The summed E-state index contributed by atoms with van der Waals surface area (Å²) in [7, 11) is 0. The lowest BCUT2D eigenvalue weighted by Crippen LogP contribution is -2.27. The summed E-state index contributed by atoms with van der Waals surface area (Å²) in [5.41, 5.74) is 0.415. The van der Waals surface area contributed by atoms with Gasteiger partial charge in [-0.05, 0) is 55.7 Å². The van der Waals surface area contributed by atoms with Gasteiger partial charge in [0.2, 0.25) is 0 Å². The minimum atomic E-state index is -1.04. The Kier molecular flexibility index (Phi) is 10.0. The van der Waals surface area contributed by atoms with Gasteiger partial charge in [0.1, 0.15) is 6.10 Å². The first-order valence-corrected chi connectivity index (χ1v) is 9.93. The van der Waals surface area contributed by atoms with Crippen molar-refractivity contribution in [3.63, 3.8) is 0 Å². The van der Waals surface area contributed by atoms with Gasteiger partial charge in [-0.15, -0.1) is 0 Å². The summed E-state index contributed by atoms with van der Waals surface area (Å²) < 4.78 is 5.87. The molecule has 0 bridgehead atoms. The van der Waals surface area contributed by atoms with E-state index >= 15 is 0 Å². The lowest BCUT2D eigenvalue weighted by atomic mass is 9.89. The highest BCUT2D eigenvalue weighted by molar-refractivity contribution is 5.94. The molecule has 4 heteroatoms. The van der Waals surface area contributed by atoms with Crippen molar-refractivity contribution < 1.29 is 19.4 Å². The van der Waals surface area contributed by atoms with Crippen LogP contribution in [0.5, 0.6) is 0 Å². The van der Waals surface area contributed by atoms with E-state index in [0.717, 1.165) is 44.9 Å². The van der Waals surface area contributed by atoms with E-state index in [0.29, 0.717) is 17.4 Å². The number of carbonyl (C=O) groups excluding carboxylic acids is 1. The number of hydrogen-bond donors (Lipinski definition) is 1. The van der Waals surface area contributed by atoms with Crippen molar-refractivity contribution in [2.45, 2.75) is 78.7 Å². The van der Waals surface area contributed by atoms with Crippen LogP contribution in [-0.2, 0) is 4.74 Å². The third-order valence-corrected chi connectivity index (χ3v) is 4.85. The summed E-state index contributed by atoms with van der Waals surface area (Å²) in [4.78, 5) is 23.7. The summed E-state index contributed by atoms with van der Waals surface area (Å²) in [5, 5.41) is 9.11. The predicted octanol–water partition coefficient (Wildman–Crippen LogP) is 5.95. The summed E-state index contributed by atoms with van der Waals surface area (Å²) in [6.45, 7) is 8.72. The quantitative estimate of drug-likeness (QED) is 0.466. The van der Waals surface area contributed by atoms with Gasteiger partial charge in [0.25, 0.3) is 0 Å². The molecule has 0 spiro atoms. The molecular weight excluding hydrogens is 328 g/mol. The Labute approximate surface area is 158 Å². The SMILES string of the molecule is CCCCC(CC)C(CCCC(C)C)OC(=O)c1cccc(C(=O)O)c1. The van der Waals surface area contributed by atoms with Crippen LogP contribution in [0.15, 0.2) is 24.3 Å². The van der Waals surface area contributed by atoms with Gasteiger partial charge in [-0.3, -0.25) is 0 Å². The monoisotopic (exact) mass is 362 g/mol. The number of esters is 1. The molecule has 2 atom stereocenters. The fourth-order valence-corrected chi connectivity index (χ4v) is 3.22. The molecule has 1 N–H and O–H groups in total. The van der Waals surface area contributed by atoms with Gasteiger partial charge in [-0.1, -0.05) is 53.0 Å². The van der Waals surface area contributed by atoms with Crippen molar-refractivity contribution in [2.24, 2.45) is 11.8 Å². The second kappa shape index (κ2) is 11.7. The number of unbranched alkanes of at least 4 members (excludes halogenated alkanes) is 1. The van der Waals surface area contributed by atoms with Gasteiger partial charge in [0.05, 0.1) is 11.1 Å². The highest BCUT2D eigenvalue weighted by atomic mass is 16.5. The van der Waals surface area contributed by atoms with Crippen molar-refractivity contribution in [1.29, 1.82) is 0 Å². The normalized spacial score (nSPS) is 13.4. The van der Waals surface area contributed by atoms with Crippen LogP contribution in [0.4, 0.5) is 0 Å². The summed E-state index contributed by atoms with van der Waals surface area (Å²) in [6.07, 6.45) is 7.21. The van der Waals surface area contributed by atoms with E-state index in [2.05, 4.69) is 27.7 Å². The maximum Gasteiger partial charge on any atom is 0.338 e. The van der Waals surface area contributed by atoms with Gasteiger partial charge in [0, 0.05) is 0 Å². The Balaban J connectivity index is 2.86. The van der Waals surface area contributed by atoms with Gasteiger partial charge in [-0.2, -0.15) is 0 Å². The van der Waals surface area contributed by atoms with Crippen molar-refractivity contribution in [3.05, 3.63) is 35.4 Å². The van der Waals surface area contributed by atoms with Gasteiger partial charge in [-0.25, -0.2) is 9.59 Å². The van der Waals surface area contributed by atoms with Gasteiger partial charge in [0.15, 0.2) is 0 Å². The van der Waals surface area contributed by atoms with Crippen LogP contribution in [0.25, 0.3) is 0 Å². The van der Waals surface area contributed by atoms with Crippen molar-refractivity contribution in [2.75, 3.05) is 0 Å². The Morgan fingerprint density at radius 2 is 1.73 bits per heavy atom. The Morgan fingerprint density at radius 1 is 1.04 bits per heavy atom. The molecule has 0 aliphatic heterocycles. The highest BCUT2D eigenvalue weighted by Gasteiger charge is 2.24. The largest absolute Gasteiger partial charge is 0.478 e. The number of rotatable bonds is 12. The van der Waals surface area contributed by atoms with Gasteiger partial charge >= 0.3 is 11.9 Å². The Bertz CT molecular complexity index is 565. The molecule has 0 aromatic heterocycles. The van der Waals surface area contributed by atoms with Crippen LogP contribution in [0.3, 0.4) is 0 Å². The van der Waals surface area contributed by atoms with E-state index in [-0.39, 0.29) is 11.7 Å². The van der Waals surface area contributed by atoms with Crippen LogP contribution in [0.1, 0.15) is 93.4 Å². The smallest absolute Gasteiger partial charge is 0.338 e. The molecule has 4 nitrogen and oxygen atoms in total. The van der Waals surface area contributed by atoms with Crippen LogP contribution in [-0.4, -0.2) is 23.1 Å². The fourth-order valence-electron chi connectivity index (χ4n) is 3.22. The molecule has 2 unspecified atom stereocenters. The zero-order chi connectivity index (χ0) is 19.5. The fraction of sp³-hybridized carbons (Fsp3) is 0.636. The van der Waals surface area contributed by atoms with E-state index < -0.39 is 11.9 Å². The molecule has 0 radical (unpaired) electrons. The van der Waals surface area contributed by atoms with Crippen LogP contribution >= 0.6 is 0 Å². The molecule has 26 heavy (non-hydrogen) atoms. The van der Waals surface area contributed by atoms with Crippen LogP contribution in [0, 0.1) is 11.8 Å². The number of carboxylic acid groups (broad SMARTS) is 1. The van der Waals surface area contributed by atoms with Crippen LogP contribution in [0.2, 0.25) is 0 Å². The minimum Gasteiger partial charge on any atom is -0.478 e. The summed E-state index contributed by atoms with van der Waals surface area (Å²) in [5.74, 6) is -0.469. The van der Waals surface area contributed by atoms with E-state index in [1.165, 1.54) is 12.1 Å². The second-order valence-electron chi connectivity index (χ2n) is 7.47. The molecule has 0 saturated heterocycles. The third-order valence-electron chi connectivity index (χ3n) is 4.85. The van der Waals surface area contributed by atoms with Crippen molar-refractivity contribution >= 4 is 11.9 Å². The molecule has 0 saturated carbocycles. The van der Waals surface area contributed by atoms with E-state index in [9.17, 15) is 9.59 Å². The molecule has 0 heterocycles. The molecular formula is C22H34O4. The number of hydrogen-bond acceptors (Lipinski definition) is 3. The molecule has 1 aromatic rings. The Hall–Kier alpha value is -1.84. The highest BCUT2D eigenvalue weighted by Crippen LogP contribution is 2.25. The lowest BCUT2D eigenvalue weighted by molar-refractivity contribution is 0.00757. The lowest BCUT2D eigenvalue weighted by Gasteiger charge is -2.27. The zero-order valence-corrected chi connectivity index (χ0v) is 16.7. The third kappa shape index (κ3) is 7.59. The predicted molar refractivity (Wildman–Crippen MR) is 105 cm³/mol.